The average molecular weight is 304 g/mol. The first-order valence-corrected chi connectivity index (χ1v) is 6.89. The van der Waals surface area contributed by atoms with Crippen molar-refractivity contribution in [3.8, 4) is 11.5 Å². The van der Waals surface area contributed by atoms with Gasteiger partial charge in [-0.2, -0.15) is 0 Å². The van der Waals surface area contributed by atoms with Crippen LogP contribution < -0.4 is 9.47 Å². The van der Waals surface area contributed by atoms with Crippen molar-refractivity contribution in [3.63, 3.8) is 0 Å². The zero-order valence-electron chi connectivity index (χ0n) is 13.2. The molecule has 5 heteroatoms. The molecule has 0 radical (unpaired) electrons. The zero-order valence-corrected chi connectivity index (χ0v) is 13.2. The van der Waals surface area contributed by atoms with E-state index in [4.69, 9.17) is 18.9 Å². The Balaban J connectivity index is 2.29. The van der Waals surface area contributed by atoms with Crippen LogP contribution in [-0.4, -0.2) is 40.3 Å². The van der Waals surface area contributed by atoms with Crippen molar-refractivity contribution >= 4 is 5.78 Å². The lowest BCUT2D eigenvalue weighted by Crippen LogP contribution is -2.19. The molecule has 22 heavy (non-hydrogen) atoms. The van der Waals surface area contributed by atoms with Crippen LogP contribution in [-0.2, 0) is 9.47 Å². The van der Waals surface area contributed by atoms with Gasteiger partial charge in [-0.05, 0) is 30.7 Å². The largest absolute Gasteiger partial charge is 0.498 e. The van der Waals surface area contributed by atoms with E-state index < -0.39 is 0 Å². The van der Waals surface area contributed by atoms with E-state index in [2.05, 4.69) is 0 Å². The van der Waals surface area contributed by atoms with Crippen LogP contribution in [0.2, 0.25) is 0 Å². The summed E-state index contributed by atoms with van der Waals surface area (Å²) in [6.45, 7) is 0. The van der Waals surface area contributed by atoms with Crippen LogP contribution in [0.25, 0.3) is 0 Å². The minimum Gasteiger partial charge on any atom is -0.498 e. The number of benzene rings is 1. The van der Waals surface area contributed by atoms with E-state index in [-0.39, 0.29) is 11.9 Å². The zero-order chi connectivity index (χ0) is 16.1. The standard InChI is InChI=1S/C17H20O5/c1-19-13-7-5-11(9-15(13)21-3)17(18)12-6-8-14(20-2)16(10-12)22-4/h5-7,9-10,14H,8H2,1-4H3/t14-/m0/s1. The number of ketones is 1. The Bertz CT molecular complexity index is 615. The number of ether oxygens (including phenoxy) is 4. The molecule has 0 saturated carbocycles. The number of hydrogen-bond donors (Lipinski definition) is 0. The van der Waals surface area contributed by atoms with Gasteiger partial charge in [-0.1, -0.05) is 6.08 Å². The van der Waals surface area contributed by atoms with E-state index in [9.17, 15) is 4.79 Å². The highest BCUT2D eigenvalue weighted by Crippen LogP contribution is 2.30. The fourth-order valence-electron chi connectivity index (χ4n) is 2.36. The Labute approximate surface area is 130 Å². The first-order valence-electron chi connectivity index (χ1n) is 6.89. The first-order chi connectivity index (χ1) is 10.6. The molecule has 1 aliphatic rings. The molecule has 0 N–H and O–H groups in total. The van der Waals surface area contributed by atoms with Crippen molar-refractivity contribution in [2.75, 3.05) is 28.4 Å². The molecule has 118 valence electrons. The minimum absolute atomic E-state index is 0.0925. The monoisotopic (exact) mass is 304 g/mol. The predicted molar refractivity (Wildman–Crippen MR) is 82.5 cm³/mol. The van der Waals surface area contributed by atoms with Crippen molar-refractivity contribution in [2.24, 2.45) is 0 Å². The number of carbonyl (C=O) groups excluding carboxylic acids is 1. The van der Waals surface area contributed by atoms with Gasteiger partial charge in [0.25, 0.3) is 0 Å². The van der Waals surface area contributed by atoms with Crippen LogP contribution in [0.1, 0.15) is 16.8 Å². The summed E-state index contributed by atoms with van der Waals surface area (Å²) < 4.78 is 21.0. The Morgan fingerprint density at radius 1 is 1.05 bits per heavy atom. The van der Waals surface area contributed by atoms with Crippen molar-refractivity contribution < 1.29 is 23.7 Å². The molecule has 1 aromatic carbocycles. The van der Waals surface area contributed by atoms with E-state index in [1.54, 1.807) is 45.6 Å². The van der Waals surface area contributed by atoms with E-state index in [1.807, 2.05) is 6.08 Å². The van der Waals surface area contributed by atoms with Crippen LogP contribution in [0, 0.1) is 0 Å². The molecule has 1 atom stereocenters. The van der Waals surface area contributed by atoms with Gasteiger partial charge in [-0.3, -0.25) is 4.79 Å². The third kappa shape index (κ3) is 3.14. The number of Topliss-reactive ketones (excluding diaryl/α,β-unsaturated/α-hetero) is 1. The van der Waals surface area contributed by atoms with Crippen LogP contribution in [0.15, 0.2) is 41.7 Å². The van der Waals surface area contributed by atoms with Gasteiger partial charge in [0, 0.05) is 18.2 Å². The quantitative estimate of drug-likeness (QED) is 0.756. The number of carbonyl (C=O) groups is 1. The third-order valence-corrected chi connectivity index (χ3v) is 3.60. The molecule has 0 aliphatic heterocycles. The molecule has 0 saturated heterocycles. The molecule has 0 spiro atoms. The van der Waals surface area contributed by atoms with Crippen LogP contribution >= 0.6 is 0 Å². The molecule has 0 amide bonds. The SMILES string of the molecule is COC1=CC(C(=O)c2ccc(OC)c(OC)c2)=CC[C@@H]1OC. The molecule has 1 aromatic rings. The first kappa shape index (κ1) is 16.1. The Morgan fingerprint density at radius 3 is 2.36 bits per heavy atom. The molecule has 0 aromatic heterocycles. The summed E-state index contributed by atoms with van der Waals surface area (Å²) in [4.78, 5) is 12.6. The summed E-state index contributed by atoms with van der Waals surface area (Å²) in [5.74, 6) is 1.67. The average Bonchev–Trinajstić information content (AvgIpc) is 2.59. The van der Waals surface area contributed by atoms with Crippen LogP contribution in [0.3, 0.4) is 0 Å². The molecule has 0 heterocycles. The molecule has 0 unspecified atom stereocenters. The van der Waals surface area contributed by atoms with Gasteiger partial charge in [0.1, 0.15) is 11.9 Å². The van der Waals surface area contributed by atoms with Gasteiger partial charge in [0.05, 0.1) is 21.3 Å². The topological polar surface area (TPSA) is 54.0 Å². The van der Waals surface area contributed by atoms with Gasteiger partial charge in [-0.25, -0.2) is 0 Å². The molecule has 0 fully saturated rings. The van der Waals surface area contributed by atoms with Gasteiger partial charge >= 0.3 is 0 Å². The van der Waals surface area contributed by atoms with Crippen molar-refractivity contribution in [3.05, 3.63) is 47.2 Å². The number of rotatable bonds is 6. The molecule has 2 rings (SSSR count). The Morgan fingerprint density at radius 2 is 1.77 bits per heavy atom. The second-order valence-electron chi connectivity index (χ2n) is 4.77. The predicted octanol–water partition coefficient (Wildman–Crippen LogP) is 2.76. The van der Waals surface area contributed by atoms with E-state index in [1.165, 1.54) is 7.11 Å². The third-order valence-electron chi connectivity index (χ3n) is 3.60. The Kier molecular flexibility index (Phi) is 5.22. The van der Waals surface area contributed by atoms with Crippen LogP contribution in [0.4, 0.5) is 0 Å². The van der Waals surface area contributed by atoms with Gasteiger partial charge < -0.3 is 18.9 Å². The molecule has 0 bridgehead atoms. The highest BCUT2D eigenvalue weighted by atomic mass is 16.5. The fourth-order valence-corrected chi connectivity index (χ4v) is 2.36. The van der Waals surface area contributed by atoms with Crippen LogP contribution in [0.5, 0.6) is 11.5 Å². The summed E-state index contributed by atoms with van der Waals surface area (Å²) in [6, 6.07) is 5.10. The summed E-state index contributed by atoms with van der Waals surface area (Å²) in [5.41, 5.74) is 1.11. The van der Waals surface area contributed by atoms with E-state index in [0.29, 0.717) is 34.8 Å². The second kappa shape index (κ2) is 7.13. The smallest absolute Gasteiger partial charge is 0.192 e. The van der Waals surface area contributed by atoms with E-state index >= 15 is 0 Å². The Hall–Kier alpha value is -2.27. The maximum Gasteiger partial charge on any atom is 0.192 e. The molecular weight excluding hydrogens is 284 g/mol. The molecule has 5 nitrogen and oxygen atoms in total. The maximum absolute atomic E-state index is 12.6. The van der Waals surface area contributed by atoms with Crippen molar-refractivity contribution in [1.29, 1.82) is 0 Å². The highest BCUT2D eigenvalue weighted by molar-refractivity contribution is 6.11. The fraction of sp³-hybridized carbons (Fsp3) is 0.353. The van der Waals surface area contributed by atoms with Crippen molar-refractivity contribution in [1.82, 2.24) is 0 Å². The molecule has 1 aliphatic carbocycles. The van der Waals surface area contributed by atoms with Crippen molar-refractivity contribution in [2.45, 2.75) is 12.5 Å². The number of allylic oxidation sites excluding steroid dienone is 2. The lowest BCUT2D eigenvalue weighted by Gasteiger charge is -2.21. The second-order valence-corrected chi connectivity index (χ2v) is 4.77. The summed E-state index contributed by atoms with van der Waals surface area (Å²) in [6.07, 6.45) is 4.03. The summed E-state index contributed by atoms with van der Waals surface area (Å²) in [7, 11) is 6.29. The lowest BCUT2D eigenvalue weighted by molar-refractivity contribution is 0.0783. The number of methoxy groups -OCH3 is 4. The maximum atomic E-state index is 12.6. The highest BCUT2D eigenvalue weighted by Gasteiger charge is 2.22. The van der Waals surface area contributed by atoms with E-state index in [0.717, 1.165) is 0 Å². The van der Waals surface area contributed by atoms with Gasteiger partial charge in [0.2, 0.25) is 0 Å². The molecular formula is C17H20O5. The minimum atomic E-state index is -0.146. The summed E-state index contributed by atoms with van der Waals surface area (Å²) >= 11 is 0. The lowest BCUT2D eigenvalue weighted by atomic mass is 9.96. The number of hydrogen-bond acceptors (Lipinski definition) is 5. The van der Waals surface area contributed by atoms with Gasteiger partial charge in [0.15, 0.2) is 17.3 Å². The summed E-state index contributed by atoms with van der Waals surface area (Å²) in [5, 5.41) is 0. The van der Waals surface area contributed by atoms with Gasteiger partial charge in [-0.15, -0.1) is 0 Å². The normalized spacial score (nSPS) is 17.4.